The van der Waals surface area contributed by atoms with E-state index in [1.165, 1.54) is 12.5 Å². The maximum atomic E-state index is 9.62. The highest BCUT2D eigenvalue weighted by Crippen LogP contribution is 2.33. The van der Waals surface area contributed by atoms with Gasteiger partial charge >= 0.3 is 0 Å². The van der Waals surface area contributed by atoms with Crippen molar-refractivity contribution in [1.29, 1.82) is 0 Å². The average Bonchev–Trinajstić information content (AvgIpc) is 2.79. The van der Waals surface area contributed by atoms with Crippen molar-refractivity contribution in [3.63, 3.8) is 0 Å². The second-order valence-corrected chi connectivity index (χ2v) is 5.82. The molecule has 21 heavy (non-hydrogen) atoms. The molecule has 0 aliphatic carbocycles. The summed E-state index contributed by atoms with van der Waals surface area (Å²) in [5.41, 5.74) is 7.68. The van der Waals surface area contributed by atoms with E-state index in [4.69, 9.17) is 5.73 Å². The number of aromatic hydroxyl groups is 1. The number of nitrogens with zero attached hydrogens (tertiary/aromatic N) is 5. The van der Waals surface area contributed by atoms with Crippen LogP contribution in [-0.2, 0) is 5.54 Å². The molecule has 3 N–H and O–H groups in total. The number of hydrogen-bond donors (Lipinski definition) is 2. The van der Waals surface area contributed by atoms with E-state index < -0.39 is 0 Å². The van der Waals surface area contributed by atoms with Crippen LogP contribution in [-0.4, -0.2) is 29.8 Å². The Balaban J connectivity index is 2.38. The minimum atomic E-state index is -0.262. The van der Waals surface area contributed by atoms with Gasteiger partial charge in [0.25, 0.3) is 0 Å². The van der Waals surface area contributed by atoms with Gasteiger partial charge in [-0.1, -0.05) is 0 Å². The monoisotopic (exact) mass is 284 g/mol. The number of fused-ring (bicyclic) bond motifs is 1. The highest BCUT2D eigenvalue weighted by molar-refractivity contribution is 5.98. The van der Waals surface area contributed by atoms with Gasteiger partial charge in [0.15, 0.2) is 5.65 Å². The second kappa shape index (κ2) is 4.41. The van der Waals surface area contributed by atoms with Gasteiger partial charge in [0.1, 0.15) is 23.6 Å². The number of pyridine rings is 1. The highest BCUT2D eigenvalue weighted by Gasteiger charge is 2.24. The smallest absolute Gasteiger partial charge is 0.164 e. The molecule has 3 aromatic rings. The van der Waals surface area contributed by atoms with E-state index in [0.29, 0.717) is 28.1 Å². The molecule has 0 bridgehead atoms. The fourth-order valence-electron chi connectivity index (χ4n) is 2.20. The standard InChI is InChI=1S/C14H16N6O/c1-14(2,3)20-13-10(12(15)17-7-18-13)11(19-20)8-4-9(21)6-16-5-8/h4-7,21H,1-3H3,(H2,15,17,18). The Kier molecular flexibility index (Phi) is 2.79. The summed E-state index contributed by atoms with van der Waals surface area (Å²) >= 11 is 0. The summed E-state index contributed by atoms with van der Waals surface area (Å²) in [4.78, 5) is 12.3. The molecule has 0 aliphatic rings. The van der Waals surface area contributed by atoms with Crippen molar-refractivity contribution in [3.8, 4) is 17.0 Å². The molecule has 0 saturated heterocycles. The van der Waals surface area contributed by atoms with Crippen molar-refractivity contribution in [2.75, 3.05) is 5.73 Å². The lowest BCUT2D eigenvalue weighted by molar-refractivity contribution is 0.366. The van der Waals surface area contributed by atoms with E-state index in [1.54, 1.807) is 16.9 Å². The second-order valence-electron chi connectivity index (χ2n) is 5.82. The lowest BCUT2D eigenvalue weighted by Gasteiger charge is -2.19. The van der Waals surface area contributed by atoms with Crippen LogP contribution >= 0.6 is 0 Å². The maximum absolute atomic E-state index is 9.62. The van der Waals surface area contributed by atoms with Gasteiger partial charge in [-0.25, -0.2) is 14.6 Å². The van der Waals surface area contributed by atoms with Gasteiger partial charge in [0.05, 0.1) is 17.1 Å². The molecule has 108 valence electrons. The van der Waals surface area contributed by atoms with Crippen LogP contribution in [0, 0.1) is 0 Å². The van der Waals surface area contributed by atoms with Crippen LogP contribution in [0.3, 0.4) is 0 Å². The zero-order chi connectivity index (χ0) is 15.2. The first-order chi connectivity index (χ1) is 9.88. The SMILES string of the molecule is CC(C)(C)n1nc(-c2cncc(O)c2)c2c(N)ncnc21. The Hall–Kier alpha value is -2.70. The third-order valence-electron chi connectivity index (χ3n) is 3.13. The van der Waals surface area contributed by atoms with Crippen molar-refractivity contribution in [2.24, 2.45) is 0 Å². The Labute approximate surface area is 121 Å². The predicted octanol–water partition coefficient (Wildman–Crippen LogP) is 1.93. The Bertz CT molecular complexity index is 818. The van der Waals surface area contributed by atoms with Crippen LogP contribution in [0.15, 0.2) is 24.8 Å². The predicted molar refractivity (Wildman–Crippen MR) is 79.6 cm³/mol. The van der Waals surface area contributed by atoms with Crippen LogP contribution in [0.4, 0.5) is 5.82 Å². The maximum Gasteiger partial charge on any atom is 0.164 e. The van der Waals surface area contributed by atoms with Crippen LogP contribution in [0.1, 0.15) is 20.8 Å². The number of anilines is 1. The van der Waals surface area contributed by atoms with Gasteiger partial charge in [0, 0.05) is 11.8 Å². The largest absolute Gasteiger partial charge is 0.506 e. The molecule has 0 fully saturated rings. The Morgan fingerprint density at radius 3 is 2.62 bits per heavy atom. The summed E-state index contributed by atoms with van der Waals surface area (Å²) in [7, 11) is 0. The van der Waals surface area contributed by atoms with Gasteiger partial charge < -0.3 is 10.8 Å². The first kappa shape index (κ1) is 13.3. The molecular formula is C14H16N6O. The molecule has 7 nitrogen and oxygen atoms in total. The lowest BCUT2D eigenvalue weighted by atomic mass is 10.1. The number of rotatable bonds is 1. The quantitative estimate of drug-likeness (QED) is 0.707. The molecule has 0 aromatic carbocycles. The topological polar surface area (TPSA) is 103 Å². The van der Waals surface area contributed by atoms with E-state index in [-0.39, 0.29) is 11.3 Å². The first-order valence-electron chi connectivity index (χ1n) is 6.52. The molecule has 0 aliphatic heterocycles. The van der Waals surface area contributed by atoms with Gasteiger partial charge in [-0.3, -0.25) is 4.98 Å². The summed E-state index contributed by atoms with van der Waals surface area (Å²) in [6, 6.07) is 1.59. The fourth-order valence-corrected chi connectivity index (χ4v) is 2.20. The molecule has 3 aromatic heterocycles. The zero-order valence-electron chi connectivity index (χ0n) is 12.1. The van der Waals surface area contributed by atoms with E-state index in [1.807, 2.05) is 20.8 Å². The number of nitrogen functional groups attached to an aromatic ring is 1. The van der Waals surface area contributed by atoms with Crippen LogP contribution in [0.25, 0.3) is 22.3 Å². The summed E-state index contributed by atoms with van der Waals surface area (Å²) in [6.45, 7) is 6.09. The molecular weight excluding hydrogens is 268 g/mol. The average molecular weight is 284 g/mol. The van der Waals surface area contributed by atoms with Gasteiger partial charge in [0.2, 0.25) is 0 Å². The van der Waals surface area contributed by atoms with Crippen LogP contribution in [0.2, 0.25) is 0 Å². The molecule has 3 heterocycles. The van der Waals surface area contributed by atoms with Crippen molar-refractivity contribution in [3.05, 3.63) is 24.8 Å². The molecule has 0 atom stereocenters. The van der Waals surface area contributed by atoms with Crippen molar-refractivity contribution >= 4 is 16.9 Å². The normalized spacial score (nSPS) is 12.0. The molecule has 0 saturated carbocycles. The van der Waals surface area contributed by atoms with Crippen molar-refractivity contribution < 1.29 is 5.11 Å². The molecule has 3 rings (SSSR count). The Morgan fingerprint density at radius 1 is 1.19 bits per heavy atom. The third-order valence-corrected chi connectivity index (χ3v) is 3.13. The van der Waals surface area contributed by atoms with Crippen molar-refractivity contribution in [1.82, 2.24) is 24.7 Å². The summed E-state index contributed by atoms with van der Waals surface area (Å²) < 4.78 is 1.81. The van der Waals surface area contributed by atoms with Gasteiger partial charge in [-0.2, -0.15) is 5.10 Å². The fraction of sp³-hybridized carbons (Fsp3) is 0.286. The number of nitrogens with two attached hydrogens (primary N) is 1. The van der Waals surface area contributed by atoms with Crippen LogP contribution in [0.5, 0.6) is 5.75 Å². The minimum absolute atomic E-state index is 0.0707. The molecule has 0 radical (unpaired) electrons. The van der Waals surface area contributed by atoms with E-state index >= 15 is 0 Å². The number of aromatic nitrogens is 5. The van der Waals surface area contributed by atoms with Gasteiger partial charge in [-0.15, -0.1) is 0 Å². The lowest BCUT2D eigenvalue weighted by Crippen LogP contribution is -2.23. The third kappa shape index (κ3) is 2.16. The van der Waals surface area contributed by atoms with E-state index in [0.717, 1.165) is 0 Å². The number of hydrogen-bond acceptors (Lipinski definition) is 6. The minimum Gasteiger partial charge on any atom is -0.506 e. The molecule has 0 unspecified atom stereocenters. The Morgan fingerprint density at radius 2 is 1.95 bits per heavy atom. The summed E-state index contributed by atoms with van der Waals surface area (Å²) in [5.74, 6) is 0.426. The first-order valence-corrected chi connectivity index (χ1v) is 6.52. The van der Waals surface area contributed by atoms with Gasteiger partial charge in [-0.05, 0) is 26.8 Å². The molecule has 7 heteroatoms. The van der Waals surface area contributed by atoms with Crippen LogP contribution < -0.4 is 5.73 Å². The van der Waals surface area contributed by atoms with Crippen molar-refractivity contribution in [2.45, 2.75) is 26.3 Å². The molecule has 0 spiro atoms. The highest BCUT2D eigenvalue weighted by atomic mass is 16.3. The van der Waals surface area contributed by atoms with E-state index in [2.05, 4.69) is 20.1 Å². The summed E-state index contributed by atoms with van der Waals surface area (Å²) in [5, 5.41) is 14.9. The zero-order valence-corrected chi connectivity index (χ0v) is 12.1. The summed E-state index contributed by atoms with van der Waals surface area (Å²) in [6.07, 6.45) is 4.42. The molecule has 0 amide bonds. The van der Waals surface area contributed by atoms with E-state index in [9.17, 15) is 5.11 Å².